The molecule has 0 aliphatic heterocycles. The van der Waals surface area contributed by atoms with E-state index in [1.165, 1.54) is 0 Å². The lowest BCUT2D eigenvalue weighted by Crippen LogP contribution is -2.30. The van der Waals surface area contributed by atoms with E-state index in [9.17, 15) is 0 Å². The molecule has 0 aliphatic rings. The molecule has 0 atom stereocenters. The summed E-state index contributed by atoms with van der Waals surface area (Å²) in [4.78, 5) is 0. The predicted octanol–water partition coefficient (Wildman–Crippen LogP) is 3.99. The maximum absolute atomic E-state index is 5.28. The van der Waals surface area contributed by atoms with Crippen LogP contribution in [-0.2, 0) is 0 Å². The minimum atomic E-state index is 0.392. The summed E-state index contributed by atoms with van der Waals surface area (Å²) in [7, 11) is 1.72. The molecule has 4 N–H and O–H groups in total. The highest BCUT2D eigenvalue weighted by molar-refractivity contribution is 7.80. The van der Waals surface area contributed by atoms with Crippen molar-refractivity contribution in [1.29, 1.82) is 0 Å². The lowest BCUT2D eigenvalue weighted by molar-refractivity contribution is 0.974. The Balaban J connectivity index is 1.87. The number of anilines is 1. The van der Waals surface area contributed by atoms with Crippen LogP contribution in [-0.4, -0.2) is 28.7 Å². The lowest BCUT2D eigenvalue weighted by Gasteiger charge is -2.08. The van der Waals surface area contributed by atoms with E-state index in [2.05, 4.69) is 56.0 Å². The zero-order valence-electron chi connectivity index (χ0n) is 16.6. The SMILES string of the molecule is CNC(=S)N/N=C(C)/C(C)=N\NC(=S)Nc1ccc(/C=C/c2ccccc2)cc1. The molecule has 0 saturated heterocycles. The molecule has 0 radical (unpaired) electrons. The summed E-state index contributed by atoms with van der Waals surface area (Å²) in [6.07, 6.45) is 4.15. The van der Waals surface area contributed by atoms with Gasteiger partial charge >= 0.3 is 0 Å². The van der Waals surface area contributed by atoms with Crippen LogP contribution in [0.15, 0.2) is 64.8 Å². The summed E-state index contributed by atoms with van der Waals surface area (Å²) in [6.45, 7) is 3.65. The van der Waals surface area contributed by atoms with E-state index in [1.807, 2.05) is 56.3 Å². The molecule has 150 valence electrons. The fraction of sp³-hybridized carbons (Fsp3) is 0.143. The number of benzene rings is 2. The van der Waals surface area contributed by atoms with Crippen LogP contribution in [0.4, 0.5) is 5.69 Å². The molecule has 2 aromatic carbocycles. The maximum atomic E-state index is 5.28. The highest BCUT2D eigenvalue weighted by Gasteiger charge is 2.00. The quantitative estimate of drug-likeness (QED) is 0.243. The standard InChI is InChI=1S/C21H24N6S2/c1-15(24-26-20(28)22-3)16(2)25-27-21(29)23-19-13-11-18(12-14-19)10-9-17-7-5-4-6-8-17/h4-14H,1-3H3,(H2,22,26,28)(H2,23,27,29)/b10-9+,24-15+,25-16-. The van der Waals surface area contributed by atoms with E-state index < -0.39 is 0 Å². The van der Waals surface area contributed by atoms with Gasteiger partial charge in [0.05, 0.1) is 11.4 Å². The molecular formula is C21H24N6S2. The maximum Gasteiger partial charge on any atom is 0.191 e. The number of thiocarbonyl (C=S) groups is 2. The Morgan fingerprint density at radius 2 is 1.28 bits per heavy atom. The van der Waals surface area contributed by atoms with Crippen molar-refractivity contribution in [1.82, 2.24) is 16.2 Å². The smallest absolute Gasteiger partial charge is 0.191 e. The lowest BCUT2D eigenvalue weighted by atomic mass is 10.1. The molecule has 29 heavy (non-hydrogen) atoms. The zero-order valence-corrected chi connectivity index (χ0v) is 18.2. The van der Waals surface area contributed by atoms with Gasteiger partial charge in [-0.2, -0.15) is 10.2 Å². The molecule has 8 heteroatoms. The third kappa shape index (κ3) is 8.20. The topological polar surface area (TPSA) is 72.8 Å². The fourth-order valence-electron chi connectivity index (χ4n) is 2.08. The predicted molar refractivity (Wildman–Crippen MR) is 132 cm³/mol. The van der Waals surface area contributed by atoms with E-state index in [4.69, 9.17) is 24.4 Å². The summed E-state index contributed by atoms with van der Waals surface area (Å²) in [5.74, 6) is 0. The first-order valence-corrected chi connectivity index (χ1v) is 9.76. The van der Waals surface area contributed by atoms with Crippen LogP contribution >= 0.6 is 24.4 Å². The van der Waals surface area contributed by atoms with E-state index in [0.717, 1.165) is 16.8 Å². The molecule has 0 aliphatic carbocycles. The highest BCUT2D eigenvalue weighted by atomic mass is 32.1. The summed E-state index contributed by atoms with van der Waals surface area (Å²) in [5, 5.41) is 15.1. The third-order valence-electron chi connectivity index (χ3n) is 3.84. The molecule has 6 nitrogen and oxygen atoms in total. The summed E-state index contributed by atoms with van der Waals surface area (Å²) in [6, 6.07) is 18.1. The van der Waals surface area contributed by atoms with Gasteiger partial charge < -0.3 is 10.6 Å². The van der Waals surface area contributed by atoms with Gasteiger partial charge in [0.1, 0.15) is 0 Å². The molecule has 0 heterocycles. The first-order valence-electron chi connectivity index (χ1n) is 8.95. The van der Waals surface area contributed by atoms with Gasteiger partial charge in [0, 0.05) is 12.7 Å². The van der Waals surface area contributed by atoms with Gasteiger partial charge in [-0.05, 0) is 61.5 Å². The molecule has 0 aromatic heterocycles. The van der Waals surface area contributed by atoms with Crippen LogP contribution in [0.1, 0.15) is 25.0 Å². The van der Waals surface area contributed by atoms with Crippen molar-refractivity contribution in [3.05, 3.63) is 65.7 Å². The van der Waals surface area contributed by atoms with Crippen LogP contribution < -0.4 is 21.5 Å². The molecule has 2 rings (SSSR count). The van der Waals surface area contributed by atoms with Gasteiger partial charge in [0.15, 0.2) is 10.2 Å². The van der Waals surface area contributed by atoms with Crippen molar-refractivity contribution in [2.45, 2.75) is 13.8 Å². The van der Waals surface area contributed by atoms with E-state index in [-0.39, 0.29) is 0 Å². The second-order valence-electron chi connectivity index (χ2n) is 6.02. The van der Waals surface area contributed by atoms with Crippen LogP contribution in [0.5, 0.6) is 0 Å². The Morgan fingerprint density at radius 3 is 1.83 bits per heavy atom. The Labute approximate surface area is 182 Å². The van der Waals surface area contributed by atoms with Gasteiger partial charge in [-0.3, -0.25) is 10.9 Å². The number of hydrazone groups is 2. The van der Waals surface area contributed by atoms with Crippen molar-refractivity contribution in [3.63, 3.8) is 0 Å². The van der Waals surface area contributed by atoms with Gasteiger partial charge in [0.25, 0.3) is 0 Å². The number of nitrogens with zero attached hydrogens (tertiary/aromatic N) is 2. The normalized spacial score (nSPS) is 11.8. The monoisotopic (exact) mass is 424 g/mol. The number of nitrogens with one attached hydrogen (secondary N) is 4. The Hall–Kier alpha value is -3.10. The Kier molecular flexibility index (Phi) is 8.94. The van der Waals surface area contributed by atoms with Gasteiger partial charge in [0.2, 0.25) is 0 Å². The second-order valence-corrected chi connectivity index (χ2v) is 6.83. The third-order valence-corrected chi connectivity index (χ3v) is 4.33. The van der Waals surface area contributed by atoms with Crippen LogP contribution in [0.2, 0.25) is 0 Å². The van der Waals surface area contributed by atoms with Crippen LogP contribution in [0, 0.1) is 0 Å². The van der Waals surface area contributed by atoms with Gasteiger partial charge in [-0.1, -0.05) is 54.6 Å². The van der Waals surface area contributed by atoms with Gasteiger partial charge in [-0.25, -0.2) is 0 Å². The first-order chi connectivity index (χ1) is 14.0. The van der Waals surface area contributed by atoms with Crippen molar-refractivity contribution in [2.75, 3.05) is 12.4 Å². The first kappa shape index (κ1) is 22.2. The minimum absolute atomic E-state index is 0.392. The summed E-state index contributed by atoms with van der Waals surface area (Å²) in [5.41, 5.74) is 10.0. The molecular weight excluding hydrogens is 400 g/mol. The molecule has 0 amide bonds. The molecule has 0 bridgehead atoms. The largest absolute Gasteiger partial charge is 0.364 e. The summed E-state index contributed by atoms with van der Waals surface area (Å²) < 4.78 is 0. The minimum Gasteiger partial charge on any atom is -0.364 e. The second kappa shape index (κ2) is 11.7. The Bertz CT molecular complexity index is 918. The van der Waals surface area contributed by atoms with Crippen LogP contribution in [0.25, 0.3) is 12.2 Å². The summed E-state index contributed by atoms with van der Waals surface area (Å²) >= 11 is 10.3. The Morgan fingerprint density at radius 1 is 0.759 bits per heavy atom. The molecule has 0 spiro atoms. The number of hydrogen-bond donors (Lipinski definition) is 4. The van der Waals surface area contributed by atoms with Crippen LogP contribution in [0.3, 0.4) is 0 Å². The molecule has 0 saturated carbocycles. The van der Waals surface area contributed by atoms with E-state index in [0.29, 0.717) is 21.6 Å². The van der Waals surface area contributed by atoms with E-state index >= 15 is 0 Å². The van der Waals surface area contributed by atoms with Crippen molar-refractivity contribution < 1.29 is 0 Å². The zero-order chi connectivity index (χ0) is 21.1. The van der Waals surface area contributed by atoms with Crippen molar-refractivity contribution >= 4 is 63.9 Å². The van der Waals surface area contributed by atoms with Gasteiger partial charge in [-0.15, -0.1) is 0 Å². The average molecular weight is 425 g/mol. The van der Waals surface area contributed by atoms with E-state index in [1.54, 1.807) is 7.05 Å². The molecule has 2 aromatic rings. The fourth-order valence-corrected chi connectivity index (χ4v) is 2.29. The molecule has 0 unspecified atom stereocenters. The van der Waals surface area contributed by atoms with Crippen molar-refractivity contribution in [2.24, 2.45) is 10.2 Å². The average Bonchev–Trinajstić information content (AvgIpc) is 2.75. The molecule has 0 fully saturated rings. The highest BCUT2D eigenvalue weighted by Crippen LogP contribution is 2.12. The number of rotatable bonds is 6. The van der Waals surface area contributed by atoms with Crippen molar-refractivity contribution in [3.8, 4) is 0 Å². The number of hydrogen-bond acceptors (Lipinski definition) is 4.